The molecule has 0 aromatic carbocycles. The van der Waals surface area contributed by atoms with Gasteiger partial charge in [0.05, 0.1) is 5.88 Å². The molecule has 0 radical (unpaired) electrons. The molecule has 5 nitrogen and oxygen atoms in total. The third-order valence-electron chi connectivity index (χ3n) is 3.44. The SMILES string of the molecule is CC(=O)N1CSC[C@@H]1C(=O)N1C[C@@H](C)N[C@H](C)C1. The molecule has 1 N–H and O–H groups in total. The number of amides is 2. The highest BCUT2D eigenvalue weighted by atomic mass is 32.2. The molecule has 0 aromatic heterocycles. The summed E-state index contributed by atoms with van der Waals surface area (Å²) in [6.45, 7) is 7.17. The van der Waals surface area contributed by atoms with Gasteiger partial charge in [-0.2, -0.15) is 0 Å². The molecular weight excluding hydrogens is 250 g/mol. The van der Waals surface area contributed by atoms with Crippen molar-refractivity contribution in [1.29, 1.82) is 0 Å². The molecule has 0 aliphatic carbocycles. The Morgan fingerprint density at radius 1 is 1.22 bits per heavy atom. The van der Waals surface area contributed by atoms with Crippen molar-refractivity contribution in [1.82, 2.24) is 15.1 Å². The quantitative estimate of drug-likeness (QED) is 0.736. The van der Waals surface area contributed by atoms with Crippen LogP contribution >= 0.6 is 11.8 Å². The van der Waals surface area contributed by atoms with Crippen LogP contribution in [0.3, 0.4) is 0 Å². The van der Waals surface area contributed by atoms with Gasteiger partial charge in [0.1, 0.15) is 6.04 Å². The zero-order chi connectivity index (χ0) is 13.3. The van der Waals surface area contributed by atoms with Crippen LogP contribution in [-0.2, 0) is 9.59 Å². The lowest BCUT2D eigenvalue weighted by molar-refractivity contribution is -0.143. The van der Waals surface area contributed by atoms with Crippen molar-refractivity contribution < 1.29 is 9.59 Å². The third kappa shape index (κ3) is 2.80. The summed E-state index contributed by atoms with van der Waals surface area (Å²) >= 11 is 1.65. The maximum absolute atomic E-state index is 12.5. The van der Waals surface area contributed by atoms with Gasteiger partial charge in [-0.15, -0.1) is 11.8 Å². The van der Waals surface area contributed by atoms with E-state index in [1.807, 2.05) is 4.90 Å². The highest BCUT2D eigenvalue weighted by Crippen LogP contribution is 2.23. The topological polar surface area (TPSA) is 52.7 Å². The first kappa shape index (κ1) is 13.7. The molecule has 0 unspecified atom stereocenters. The smallest absolute Gasteiger partial charge is 0.246 e. The summed E-state index contributed by atoms with van der Waals surface area (Å²) in [4.78, 5) is 27.6. The molecule has 2 rings (SSSR count). The first-order chi connectivity index (χ1) is 8.49. The Morgan fingerprint density at radius 3 is 2.39 bits per heavy atom. The Labute approximate surface area is 112 Å². The Morgan fingerprint density at radius 2 is 1.83 bits per heavy atom. The van der Waals surface area contributed by atoms with Gasteiger partial charge in [-0.05, 0) is 13.8 Å². The van der Waals surface area contributed by atoms with Crippen LogP contribution in [0.2, 0.25) is 0 Å². The summed E-state index contributed by atoms with van der Waals surface area (Å²) in [7, 11) is 0. The maximum atomic E-state index is 12.5. The van der Waals surface area contributed by atoms with Gasteiger partial charge in [-0.1, -0.05) is 0 Å². The van der Waals surface area contributed by atoms with E-state index in [1.54, 1.807) is 16.7 Å². The average molecular weight is 271 g/mol. The number of carbonyl (C=O) groups is 2. The number of piperazine rings is 1. The highest BCUT2D eigenvalue weighted by Gasteiger charge is 2.37. The predicted molar refractivity (Wildman–Crippen MR) is 72.3 cm³/mol. The van der Waals surface area contributed by atoms with Crippen LogP contribution in [0.1, 0.15) is 20.8 Å². The van der Waals surface area contributed by atoms with Crippen LogP contribution < -0.4 is 5.32 Å². The van der Waals surface area contributed by atoms with Gasteiger partial charge in [-0.3, -0.25) is 9.59 Å². The number of hydrogen-bond acceptors (Lipinski definition) is 4. The summed E-state index contributed by atoms with van der Waals surface area (Å²) in [5.41, 5.74) is 0. The average Bonchev–Trinajstić information content (AvgIpc) is 2.75. The molecule has 0 aromatic rings. The van der Waals surface area contributed by atoms with Gasteiger partial charge in [0.2, 0.25) is 11.8 Å². The van der Waals surface area contributed by atoms with Gasteiger partial charge in [0.15, 0.2) is 0 Å². The fraction of sp³-hybridized carbons (Fsp3) is 0.833. The second-order valence-electron chi connectivity index (χ2n) is 5.22. The van der Waals surface area contributed by atoms with E-state index in [9.17, 15) is 9.59 Å². The van der Waals surface area contributed by atoms with Crippen LogP contribution in [-0.4, -0.2) is 64.5 Å². The van der Waals surface area contributed by atoms with Crippen molar-refractivity contribution >= 4 is 23.6 Å². The monoisotopic (exact) mass is 271 g/mol. The van der Waals surface area contributed by atoms with Crippen molar-refractivity contribution in [3.05, 3.63) is 0 Å². The van der Waals surface area contributed by atoms with E-state index in [1.165, 1.54) is 6.92 Å². The fourth-order valence-corrected chi connectivity index (χ4v) is 3.88. The van der Waals surface area contributed by atoms with E-state index in [-0.39, 0.29) is 17.9 Å². The molecule has 2 heterocycles. The lowest BCUT2D eigenvalue weighted by Crippen LogP contribution is -2.59. The van der Waals surface area contributed by atoms with E-state index in [0.29, 0.717) is 18.0 Å². The molecule has 3 atom stereocenters. The third-order valence-corrected chi connectivity index (χ3v) is 4.45. The van der Waals surface area contributed by atoms with Crippen molar-refractivity contribution in [3.8, 4) is 0 Å². The molecule has 102 valence electrons. The van der Waals surface area contributed by atoms with Crippen LogP contribution in [0, 0.1) is 0 Å². The maximum Gasteiger partial charge on any atom is 0.246 e. The Bertz CT molecular complexity index is 340. The zero-order valence-corrected chi connectivity index (χ0v) is 12.0. The molecule has 2 aliphatic rings. The molecule has 6 heteroatoms. The van der Waals surface area contributed by atoms with Crippen molar-refractivity contribution in [2.75, 3.05) is 24.7 Å². The van der Waals surface area contributed by atoms with E-state index >= 15 is 0 Å². The summed E-state index contributed by atoms with van der Waals surface area (Å²) < 4.78 is 0. The van der Waals surface area contributed by atoms with E-state index in [2.05, 4.69) is 19.2 Å². The number of thioether (sulfide) groups is 1. The van der Waals surface area contributed by atoms with Gasteiger partial charge in [0, 0.05) is 37.8 Å². The molecule has 18 heavy (non-hydrogen) atoms. The predicted octanol–water partition coefficient (Wildman–Crippen LogP) is 0.117. The molecule has 0 bridgehead atoms. The summed E-state index contributed by atoms with van der Waals surface area (Å²) in [6.07, 6.45) is 0. The van der Waals surface area contributed by atoms with Crippen LogP contribution in [0.25, 0.3) is 0 Å². The Balaban J connectivity index is 2.04. The second-order valence-corrected chi connectivity index (χ2v) is 6.22. The van der Waals surface area contributed by atoms with Crippen LogP contribution in [0.4, 0.5) is 0 Å². The van der Waals surface area contributed by atoms with Crippen molar-refractivity contribution in [2.45, 2.75) is 38.9 Å². The lowest BCUT2D eigenvalue weighted by Gasteiger charge is -2.38. The van der Waals surface area contributed by atoms with Gasteiger partial charge in [0.25, 0.3) is 0 Å². The standard InChI is InChI=1S/C12H21N3O2S/c1-8-4-14(5-9(2)13-8)12(17)11-6-18-7-15(11)10(3)16/h8-9,11,13H,4-7H2,1-3H3/t8-,9-,11-/m1/s1. The zero-order valence-electron chi connectivity index (χ0n) is 11.2. The first-order valence-corrected chi connectivity index (χ1v) is 7.54. The largest absolute Gasteiger partial charge is 0.338 e. The van der Waals surface area contributed by atoms with Crippen molar-refractivity contribution in [3.63, 3.8) is 0 Å². The van der Waals surface area contributed by atoms with Gasteiger partial charge >= 0.3 is 0 Å². The highest BCUT2D eigenvalue weighted by molar-refractivity contribution is 7.99. The molecule has 2 amide bonds. The minimum atomic E-state index is -0.259. The number of nitrogens with one attached hydrogen (secondary N) is 1. The molecule has 2 fully saturated rings. The molecule has 0 spiro atoms. The van der Waals surface area contributed by atoms with E-state index in [0.717, 1.165) is 18.8 Å². The normalized spacial score (nSPS) is 32.7. The Hall–Kier alpha value is -0.750. The van der Waals surface area contributed by atoms with Crippen LogP contribution in [0.5, 0.6) is 0 Å². The van der Waals surface area contributed by atoms with E-state index in [4.69, 9.17) is 0 Å². The molecule has 2 aliphatic heterocycles. The summed E-state index contributed by atoms with van der Waals surface area (Å²) in [5.74, 6) is 1.47. The Kier molecular flexibility index (Phi) is 4.17. The molecular formula is C12H21N3O2S. The summed E-state index contributed by atoms with van der Waals surface area (Å²) in [5, 5.41) is 3.41. The number of carbonyl (C=O) groups excluding carboxylic acids is 2. The van der Waals surface area contributed by atoms with Gasteiger partial charge in [-0.25, -0.2) is 0 Å². The van der Waals surface area contributed by atoms with E-state index < -0.39 is 0 Å². The first-order valence-electron chi connectivity index (χ1n) is 6.39. The van der Waals surface area contributed by atoms with Gasteiger partial charge < -0.3 is 15.1 Å². The summed E-state index contributed by atoms with van der Waals surface area (Å²) in [6, 6.07) is 0.375. The molecule has 0 saturated carbocycles. The number of hydrogen-bond donors (Lipinski definition) is 1. The number of nitrogens with zero attached hydrogens (tertiary/aromatic N) is 2. The molecule has 2 saturated heterocycles. The fourth-order valence-electron chi connectivity index (χ4n) is 2.68. The van der Waals surface area contributed by atoms with Crippen LogP contribution in [0.15, 0.2) is 0 Å². The number of rotatable bonds is 1. The van der Waals surface area contributed by atoms with Crippen molar-refractivity contribution in [2.24, 2.45) is 0 Å². The minimum absolute atomic E-state index is 0.00502. The lowest BCUT2D eigenvalue weighted by atomic mass is 10.1. The minimum Gasteiger partial charge on any atom is -0.338 e. The second kappa shape index (κ2) is 5.48.